The highest BCUT2D eigenvalue weighted by molar-refractivity contribution is 5.79. The van der Waals surface area contributed by atoms with E-state index in [1.807, 2.05) is 18.5 Å². The Labute approximate surface area is 95.3 Å². The van der Waals surface area contributed by atoms with Gasteiger partial charge in [0.25, 0.3) is 0 Å². The van der Waals surface area contributed by atoms with Crippen molar-refractivity contribution < 1.29 is 0 Å². The summed E-state index contributed by atoms with van der Waals surface area (Å²) in [6, 6.07) is 6.00. The van der Waals surface area contributed by atoms with Crippen molar-refractivity contribution in [1.82, 2.24) is 9.55 Å². The third-order valence-corrected chi connectivity index (χ3v) is 4.02. The molecular weight excluding hydrogens is 198 g/mol. The molecule has 84 valence electrons. The van der Waals surface area contributed by atoms with Crippen molar-refractivity contribution >= 4 is 16.7 Å². The van der Waals surface area contributed by atoms with Crippen molar-refractivity contribution in [3.05, 3.63) is 24.5 Å². The van der Waals surface area contributed by atoms with Gasteiger partial charge in [-0.15, -0.1) is 0 Å². The smallest absolute Gasteiger partial charge is 0.0963 e. The van der Waals surface area contributed by atoms with Gasteiger partial charge in [0.2, 0.25) is 0 Å². The minimum absolute atomic E-state index is 0.324. The standard InChI is InChI=1S/C13H17N3/c1-2-13(6-3-7-13)16-9-15-11-8-10(14)4-5-12(11)16/h4-5,8-9H,2-3,6-7,14H2,1H3. The van der Waals surface area contributed by atoms with Gasteiger partial charge in [0, 0.05) is 11.2 Å². The molecule has 1 aliphatic rings. The van der Waals surface area contributed by atoms with Gasteiger partial charge in [0.15, 0.2) is 0 Å². The Bertz CT molecular complexity index is 517. The van der Waals surface area contributed by atoms with E-state index in [0.29, 0.717) is 5.54 Å². The van der Waals surface area contributed by atoms with Gasteiger partial charge in [-0.25, -0.2) is 4.98 Å². The summed E-state index contributed by atoms with van der Waals surface area (Å²) < 4.78 is 2.35. The largest absolute Gasteiger partial charge is 0.399 e. The van der Waals surface area contributed by atoms with E-state index in [-0.39, 0.29) is 0 Å². The summed E-state index contributed by atoms with van der Waals surface area (Å²) in [7, 11) is 0. The van der Waals surface area contributed by atoms with E-state index in [1.165, 1.54) is 31.2 Å². The predicted molar refractivity (Wildman–Crippen MR) is 66.3 cm³/mol. The molecule has 0 radical (unpaired) electrons. The molecule has 0 unspecified atom stereocenters. The zero-order chi connectivity index (χ0) is 11.2. The van der Waals surface area contributed by atoms with Crippen molar-refractivity contribution in [2.45, 2.75) is 38.1 Å². The number of anilines is 1. The number of benzene rings is 1. The van der Waals surface area contributed by atoms with Gasteiger partial charge >= 0.3 is 0 Å². The van der Waals surface area contributed by atoms with Crippen LogP contribution in [0.3, 0.4) is 0 Å². The van der Waals surface area contributed by atoms with Crippen molar-refractivity contribution in [2.24, 2.45) is 0 Å². The topological polar surface area (TPSA) is 43.8 Å². The molecule has 0 bridgehead atoms. The Morgan fingerprint density at radius 1 is 1.44 bits per heavy atom. The number of imidazole rings is 1. The number of nitrogens with zero attached hydrogens (tertiary/aromatic N) is 2. The highest BCUT2D eigenvalue weighted by atomic mass is 15.1. The maximum Gasteiger partial charge on any atom is 0.0963 e. The lowest BCUT2D eigenvalue weighted by Crippen LogP contribution is -2.39. The third-order valence-electron chi connectivity index (χ3n) is 4.02. The molecule has 1 heterocycles. The number of fused-ring (bicyclic) bond motifs is 1. The number of nitrogens with two attached hydrogens (primary N) is 1. The van der Waals surface area contributed by atoms with E-state index in [1.54, 1.807) is 0 Å². The fourth-order valence-electron chi connectivity index (χ4n) is 2.76. The Balaban J connectivity index is 2.17. The number of hydrogen-bond acceptors (Lipinski definition) is 2. The average Bonchev–Trinajstić information content (AvgIpc) is 2.61. The summed E-state index contributed by atoms with van der Waals surface area (Å²) in [5.74, 6) is 0. The molecule has 1 aliphatic carbocycles. The van der Waals surface area contributed by atoms with E-state index >= 15 is 0 Å². The Morgan fingerprint density at radius 2 is 2.25 bits per heavy atom. The zero-order valence-electron chi connectivity index (χ0n) is 9.61. The SMILES string of the molecule is CCC1(n2cnc3cc(N)ccc32)CCC1. The molecule has 0 atom stereocenters. The van der Waals surface area contributed by atoms with Gasteiger partial charge in [0.1, 0.15) is 0 Å². The third kappa shape index (κ3) is 1.17. The van der Waals surface area contributed by atoms with E-state index in [9.17, 15) is 0 Å². The van der Waals surface area contributed by atoms with Crippen molar-refractivity contribution in [2.75, 3.05) is 5.73 Å². The van der Waals surface area contributed by atoms with E-state index in [4.69, 9.17) is 5.73 Å². The van der Waals surface area contributed by atoms with E-state index in [2.05, 4.69) is 22.5 Å². The number of nitrogen functional groups attached to an aromatic ring is 1. The number of hydrogen-bond donors (Lipinski definition) is 1. The van der Waals surface area contributed by atoms with Crippen LogP contribution in [0.15, 0.2) is 24.5 Å². The highest BCUT2D eigenvalue weighted by Gasteiger charge is 2.37. The molecular formula is C13H17N3. The number of aromatic nitrogens is 2. The lowest BCUT2D eigenvalue weighted by Gasteiger charge is -2.43. The molecule has 1 fully saturated rings. The van der Waals surface area contributed by atoms with Gasteiger partial charge in [-0.05, 0) is 43.9 Å². The van der Waals surface area contributed by atoms with E-state index in [0.717, 1.165) is 11.2 Å². The molecule has 1 saturated carbocycles. The molecule has 3 nitrogen and oxygen atoms in total. The Morgan fingerprint density at radius 3 is 2.88 bits per heavy atom. The molecule has 16 heavy (non-hydrogen) atoms. The first-order valence-electron chi connectivity index (χ1n) is 5.98. The van der Waals surface area contributed by atoms with Crippen LogP contribution < -0.4 is 5.73 Å². The minimum atomic E-state index is 0.324. The monoisotopic (exact) mass is 215 g/mol. The van der Waals surface area contributed by atoms with Gasteiger partial charge in [-0.3, -0.25) is 0 Å². The van der Waals surface area contributed by atoms with Crippen LogP contribution in [0.4, 0.5) is 5.69 Å². The molecule has 3 heteroatoms. The van der Waals surface area contributed by atoms with E-state index < -0.39 is 0 Å². The van der Waals surface area contributed by atoms with Crippen molar-refractivity contribution in [1.29, 1.82) is 0 Å². The summed E-state index contributed by atoms with van der Waals surface area (Å²) >= 11 is 0. The summed E-state index contributed by atoms with van der Waals surface area (Å²) in [6.07, 6.45) is 7.05. The first-order chi connectivity index (χ1) is 7.75. The molecule has 0 saturated heterocycles. The summed E-state index contributed by atoms with van der Waals surface area (Å²) in [5, 5.41) is 0. The maximum absolute atomic E-state index is 5.77. The summed E-state index contributed by atoms with van der Waals surface area (Å²) in [4.78, 5) is 4.46. The second kappa shape index (κ2) is 3.24. The Kier molecular flexibility index (Phi) is 1.96. The van der Waals surface area contributed by atoms with Crippen LogP contribution in [0.25, 0.3) is 11.0 Å². The summed E-state index contributed by atoms with van der Waals surface area (Å²) in [5.41, 5.74) is 9.12. The van der Waals surface area contributed by atoms with Crippen LogP contribution in [0.1, 0.15) is 32.6 Å². The lowest BCUT2D eigenvalue weighted by molar-refractivity contribution is 0.141. The normalized spacial score (nSPS) is 18.6. The summed E-state index contributed by atoms with van der Waals surface area (Å²) in [6.45, 7) is 2.27. The fraction of sp³-hybridized carbons (Fsp3) is 0.462. The van der Waals surface area contributed by atoms with Crippen molar-refractivity contribution in [3.63, 3.8) is 0 Å². The van der Waals surface area contributed by atoms with Crippen LogP contribution in [0, 0.1) is 0 Å². The van der Waals surface area contributed by atoms with Crippen LogP contribution in [-0.2, 0) is 5.54 Å². The van der Waals surface area contributed by atoms with Crippen LogP contribution >= 0.6 is 0 Å². The predicted octanol–water partition coefficient (Wildman–Crippen LogP) is 2.91. The molecule has 0 amide bonds. The van der Waals surface area contributed by atoms with Gasteiger partial charge in [-0.1, -0.05) is 6.92 Å². The Hall–Kier alpha value is -1.51. The molecule has 2 N–H and O–H groups in total. The van der Waals surface area contributed by atoms with Gasteiger partial charge < -0.3 is 10.3 Å². The van der Waals surface area contributed by atoms with Crippen LogP contribution in [0.2, 0.25) is 0 Å². The lowest BCUT2D eigenvalue weighted by atomic mass is 9.74. The zero-order valence-corrected chi connectivity index (χ0v) is 9.61. The maximum atomic E-state index is 5.77. The average molecular weight is 215 g/mol. The second-order valence-electron chi connectivity index (χ2n) is 4.79. The molecule has 3 rings (SSSR count). The van der Waals surface area contributed by atoms with Gasteiger partial charge in [0.05, 0.1) is 17.4 Å². The molecule has 1 aromatic heterocycles. The fourth-order valence-corrected chi connectivity index (χ4v) is 2.76. The molecule has 2 aromatic rings. The first-order valence-corrected chi connectivity index (χ1v) is 5.98. The minimum Gasteiger partial charge on any atom is -0.399 e. The second-order valence-corrected chi connectivity index (χ2v) is 4.79. The molecule has 0 aliphatic heterocycles. The highest BCUT2D eigenvalue weighted by Crippen LogP contribution is 2.43. The number of rotatable bonds is 2. The van der Waals surface area contributed by atoms with Crippen molar-refractivity contribution in [3.8, 4) is 0 Å². The first kappa shape index (κ1) is 9.70. The van der Waals surface area contributed by atoms with Crippen LogP contribution in [0.5, 0.6) is 0 Å². The molecule has 1 aromatic carbocycles. The quantitative estimate of drug-likeness (QED) is 0.783. The molecule has 0 spiro atoms. The van der Waals surface area contributed by atoms with Crippen LogP contribution in [-0.4, -0.2) is 9.55 Å². The van der Waals surface area contributed by atoms with Gasteiger partial charge in [-0.2, -0.15) is 0 Å².